The number of halogens is 2. The van der Waals surface area contributed by atoms with Crippen LogP contribution in [0.5, 0.6) is 11.5 Å². The maximum atomic E-state index is 12.4. The zero-order valence-electron chi connectivity index (χ0n) is 12.4. The van der Waals surface area contributed by atoms with Gasteiger partial charge in [-0.05, 0) is 30.5 Å². The SMILES string of the molecule is COc1ccc(NCCCc2ccccc2)cc1OC(F)F. The molecule has 0 saturated carbocycles. The van der Waals surface area contributed by atoms with Crippen molar-refractivity contribution >= 4 is 5.69 Å². The number of anilines is 1. The Hall–Kier alpha value is -2.30. The molecule has 2 aromatic carbocycles. The van der Waals surface area contributed by atoms with Gasteiger partial charge in [-0.15, -0.1) is 0 Å². The van der Waals surface area contributed by atoms with Gasteiger partial charge in [0.15, 0.2) is 11.5 Å². The molecule has 0 aromatic heterocycles. The highest BCUT2D eigenvalue weighted by Crippen LogP contribution is 2.31. The number of alkyl halides is 2. The maximum Gasteiger partial charge on any atom is 0.387 e. The maximum absolute atomic E-state index is 12.4. The van der Waals surface area contributed by atoms with E-state index in [0.29, 0.717) is 0 Å². The third kappa shape index (κ3) is 4.91. The van der Waals surface area contributed by atoms with Gasteiger partial charge >= 0.3 is 6.61 Å². The van der Waals surface area contributed by atoms with Crippen LogP contribution in [0, 0.1) is 0 Å². The molecule has 2 rings (SSSR count). The van der Waals surface area contributed by atoms with Crippen LogP contribution in [0.1, 0.15) is 12.0 Å². The third-order valence-corrected chi connectivity index (χ3v) is 3.19. The highest BCUT2D eigenvalue weighted by molar-refractivity contribution is 5.54. The van der Waals surface area contributed by atoms with Gasteiger partial charge < -0.3 is 14.8 Å². The summed E-state index contributed by atoms with van der Waals surface area (Å²) in [6, 6.07) is 15.1. The summed E-state index contributed by atoms with van der Waals surface area (Å²) in [5, 5.41) is 3.20. The van der Waals surface area contributed by atoms with Crippen LogP contribution >= 0.6 is 0 Å². The number of ether oxygens (including phenoxy) is 2. The Balaban J connectivity index is 1.87. The van der Waals surface area contributed by atoms with Gasteiger partial charge in [0, 0.05) is 18.3 Å². The van der Waals surface area contributed by atoms with Crippen molar-refractivity contribution in [3.63, 3.8) is 0 Å². The first-order valence-electron chi connectivity index (χ1n) is 7.09. The lowest BCUT2D eigenvalue weighted by Gasteiger charge is -2.12. The average molecular weight is 307 g/mol. The summed E-state index contributed by atoms with van der Waals surface area (Å²) in [6.07, 6.45) is 1.91. The van der Waals surface area contributed by atoms with Gasteiger partial charge in [-0.1, -0.05) is 30.3 Å². The highest BCUT2D eigenvalue weighted by atomic mass is 19.3. The van der Waals surface area contributed by atoms with E-state index in [1.54, 1.807) is 12.1 Å². The molecule has 0 aliphatic rings. The summed E-state index contributed by atoms with van der Waals surface area (Å²) in [7, 11) is 1.42. The monoisotopic (exact) mass is 307 g/mol. The van der Waals surface area contributed by atoms with E-state index in [2.05, 4.69) is 22.2 Å². The molecule has 0 atom stereocenters. The third-order valence-electron chi connectivity index (χ3n) is 3.19. The summed E-state index contributed by atoms with van der Waals surface area (Å²) in [5.41, 5.74) is 2.00. The van der Waals surface area contributed by atoms with Gasteiger partial charge in [0.05, 0.1) is 7.11 Å². The molecule has 0 amide bonds. The Labute approximate surface area is 128 Å². The van der Waals surface area contributed by atoms with Crippen LogP contribution in [-0.4, -0.2) is 20.3 Å². The average Bonchev–Trinajstić information content (AvgIpc) is 2.52. The lowest BCUT2D eigenvalue weighted by Crippen LogP contribution is -2.06. The Bertz CT molecular complexity index is 576. The highest BCUT2D eigenvalue weighted by Gasteiger charge is 2.11. The Kier molecular flexibility index (Phi) is 6.01. The normalized spacial score (nSPS) is 10.5. The number of hydrogen-bond donors (Lipinski definition) is 1. The molecule has 0 saturated heterocycles. The number of aryl methyl sites for hydroxylation is 1. The van der Waals surface area contributed by atoms with E-state index in [9.17, 15) is 8.78 Å². The molecule has 0 fully saturated rings. The summed E-state index contributed by atoms with van der Waals surface area (Å²) in [4.78, 5) is 0. The van der Waals surface area contributed by atoms with Crippen molar-refractivity contribution in [3.05, 3.63) is 54.1 Å². The summed E-state index contributed by atoms with van der Waals surface area (Å²) in [6.45, 7) is -2.13. The topological polar surface area (TPSA) is 30.5 Å². The van der Waals surface area contributed by atoms with E-state index >= 15 is 0 Å². The minimum Gasteiger partial charge on any atom is -0.493 e. The minimum absolute atomic E-state index is 0.0329. The zero-order chi connectivity index (χ0) is 15.8. The minimum atomic E-state index is -2.87. The zero-order valence-corrected chi connectivity index (χ0v) is 12.4. The van der Waals surface area contributed by atoms with Crippen LogP contribution in [0.4, 0.5) is 14.5 Å². The molecule has 22 heavy (non-hydrogen) atoms. The number of nitrogens with one attached hydrogen (secondary N) is 1. The molecule has 3 nitrogen and oxygen atoms in total. The molecule has 0 aliphatic carbocycles. The first kappa shape index (κ1) is 16.1. The first-order chi connectivity index (χ1) is 10.7. The molecule has 5 heteroatoms. The van der Waals surface area contributed by atoms with E-state index in [1.807, 2.05) is 18.2 Å². The first-order valence-corrected chi connectivity index (χ1v) is 7.09. The van der Waals surface area contributed by atoms with Crippen molar-refractivity contribution in [2.75, 3.05) is 19.0 Å². The quantitative estimate of drug-likeness (QED) is 0.736. The number of benzene rings is 2. The van der Waals surface area contributed by atoms with Crippen LogP contribution in [0.2, 0.25) is 0 Å². The second-order valence-electron chi connectivity index (χ2n) is 4.76. The van der Waals surface area contributed by atoms with Crippen molar-refractivity contribution in [2.24, 2.45) is 0 Å². The molecular weight excluding hydrogens is 288 g/mol. The van der Waals surface area contributed by atoms with Gasteiger partial charge in [-0.2, -0.15) is 8.78 Å². The van der Waals surface area contributed by atoms with Crippen molar-refractivity contribution in [1.82, 2.24) is 0 Å². The van der Waals surface area contributed by atoms with E-state index < -0.39 is 6.61 Å². The smallest absolute Gasteiger partial charge is 0.387 e. The van der Waals surface area contributed by atoms with Crippen LogP contribution < -0.4 is 14.8 Å². The van der Waals surface area contributed by atoms with Crippen LogP contribution in [0.15, 0.2) is 48.5 Å². The molecular formula is C17H19F2NO2. The Morgan fingerprint density at radius 2 is 1.82 bits per heavy atom. The summed E-state index contributed by atoms with van der Waals surface area (Å²) < 4.78 is 34.2. The van der Waals surface area contributed by atoms with E-state index in [1.165, 1.54) is 18.7 Å². The molecule has 2 aromatic rings. The summed E-state index contributed by atoms with van der Waals surface area (Å²) >= 11 is 0. The van der Waals surface area contributed by atoms with E-state index in [-0.39, 0.29) is 11.5 Å². The van der Waals surface area contributed by atoms with E-state index in [4.69, 9.17) is 4.74 Å². The lowest BCUT2D eigenvalue weighted by atomic mass is 10.1. The van der Waals surface area contributed by atoms with Gasteiger partial charge in [-0.25, -0.2) is 0 Å². The van der Waals surface area contributed by atoms with Crippen LogP contribution in [-0.2, 0) is 6.42 Å². The molecule has 0 heterocycles. The van der Waals surface area contributed by atoms with Crippen molar-refractivity contribution in [1.29, 1.82) is 0 Å². The van der Waals surface area contributed by atoms with Crippen molar-refractivity contribution in [3.8, 4) is 11.5 Å². The standard InChI is InChI=1S/C17H19F2NO2/c1-21-15-10-9-14(12-16(15)22-17(18)19)20-11-5-8-13-6-3-2-4-7-13/h2-4,6-7,9-10,12,17,20H,5,8,11H2,1H3. The molecule has 0 spiro atoms. The number of methoxy groups -OCH3 is 1. The molecule has 0 radical (unpaired) electrons. The van der Waals surface area contributed by atoms with Crippen LogP contribution in [0.3, 0.4) is 0 Å². The molecule has 118 valence electrons. The second-order valence-corrected chi connectivity index (χ2v) is 4.76. The predicted molar refractivity (Wildman–Crippen MR) is 82.9 cm³/mol. The Morgan fingerprint density at radius 1 is 1.05 bits per heavy atom. The van der Waals surface area contributed by atoms with E-state index in [0.717, 1.165) is 25.1 Å². The molecule has 0 aliphatic heterocycles. The fourth-order valence-electron chi connectivity index (χ4n) is 2.14. The van der Waals surface area contributed by atoms with Crippen molar-refractivity contribution < 1.29 is 18.3 Å². The van der Waals surface area contributed by atoms with Crippen LogP contribution in [0.25, 0.3) is 0 Å². The van der Waals surface area contributed by atoms with Crippen molar-refractivity contribution in [2.45, 2.75) is 19.5 Å². The second kappa shape index (κ2) is 8.22. The molecule has 0 unspecified atom stereocenters. The summed E-state index contributed by atoms with van der Waals surface area (Å²) in [5.74, 6) is 0.320. The Morgan fingerprint density at radius 3 is 2.50 bits per heavy atom. The largest absolute Gasteiger partial charge is 0.493 e. The predicted octanol–water partition coefficient (Wildman–Crippen LogP) is 4.34. The van der Waals surface area contributed by atoms with Gasteiger partial charge in [-0.3, -0.25) is 0 Å². The fourth-order valence-corrected chi connectivity index (χ4v) is 2.14. The fraction of sp³-hybridized carbons (Fsp3) is 0.294. The van der Waals surface area contributed by atoms with Gasteiger partial charge in [0.2, 0.25) is 0 Å². The van der Waals surface area contributed by atoms with Gasteiger partial charge in [0.1, 0.15) is 0 Å². The van der Waals surface area contributed by atoms with Gasteiger partial charge in [0.25, 0.3) is 0 Å². The molecule has 1 N–H and O–H groups in total. The molecule has 0 bridgehead atoms. The lowest BCUT2D eigenvalue weighted by molar-refractivity contribution is -0.0511. The number of rotatable bonds is 8. The number of hydrogen-bond acceptors (Lipinski definition) is 3.